The Balaban J connectivity index is 3.55. The van der Waals surface area contributed by atoms with Crippen LogP contribution in [-0.4, -0.2) is 0 Å². The highest BCUT2D eigenvalue weighted by molar-refractivity contribution is 4.63. The Bertz CT molecular complexity index is 76.0. The van der Waals surface area contributed by atoms with Crippen LogP contribution in [0.25, 0.3) is 0 Å². The van der Waals surface area contributed by atoms with Crippen molar-refractivity contribution in [3.05, 3.63) is 6.92 Å². The second kappa shape index (κ2) is 7.64. The maximum atomic E-state index is 3.90. The number of hydrogen-bond donors (Lipinski definition) is 0. The molecule has 0 aromatic rings. The molecule has 0 heterocycles. The van der Waals surface area contributed by atoms with Gasteiger partial charge in [0.05, 0.1) is 0 Å². The smallest absolute Gasteiger partial charge is 0.0391 e. The maximum Gasteiger partial charge on any atom is -0.0391 e. The summed E-state index contributed by atoms with van der Waals surface area (Å²) in [7, 11) is 0. The third-order valence-corrected chi connectivity index (χ3v) is 2.70. The van der Waals surface area contributed by atoms with E-state index in [0.717, 1.165) is 18.3 Å². The van der Waals surface area contributed by atoms with Crippen molar-refractivity contribution >= 4 is 0 Å². The summed E-state index contributed by atoms with van der Waals surface area (Å²) in [6.07, 6.45) is 7.98. The first-order valence-electron chi connectivity index (χ1n) is 5.51. The lowest BCUT2D eigenvalue weighted by Gasteiger charge is -2.20. The Morgan fingerprint density at radius 2 is 1.67 bits per heavy atom. The Labute approximate surface area is 78.8 Å². The number of rotatable bonds is 7. The van der Waals surface area contributed by atoms with Gasteiger partial charge < -0.3 is 0 Å². The highest BCUT2D eigenvalue weighted by Gasteiger charge is 2.11. The first-order valence-corrected chi connectivity index (χ1v) is 5.51. The third kappa shape index (κ3) is 5.62. The average molecular weight is 169 g/mol. The SMILES string of the molecule is [CH2]CCCC(CCCC)C(C)C. The maximum absolute atomic E-state index is 3.90. The topological polar surface area (TPSA) is 0 Å². The van der Waals surface area contributed by atoms with Gasteiger partial charge in [0, 0.05) is 0 Å². The van der Waals surface area contributed by atoms with E-state index in [2.05, 4.69) is 27.7 Å². The zero-order valence-electron chi connectivity index (χ0n) is 9.10. The molecule has 1 atom stereocenters. The van der Waals surface area contributed by atoms with Crippen molar-refractivity contribution in [2.75, 3.05) is 0 Å². The molecule has 0 aromatic carbocycles. The van der Waals surface area contributed by atoms with E-state index in [4.69, 9.17) is 0 Å². The minimum atomic E-state index is 0.864. The van der Waals surface area contributed by atoms with E-state index < -0.39 is 0 Å². The van der Waals surface area contributed by atoms with Crippen molar-refractivity contribution < 1.29 is 0 Å². The van der Waals surface area contributed by atoms with Crippen LogP contribution in [0.4, 0.5) is 0 Å². The first kappa shape index (κ1) is 12.0. The Morgan fingerprint density at radius 1 is 1.08 bits per heavy atom. The van der Waals surface area contributed by atoms with Gasteiger partial charge >= 0.3 is 0 Å². The standard InChI is InChI=1S/C12H25/c1-5-7-9-12(11(3)4)10-8-6-2/h11-12H,1,5-10H2,2-4H3. The van der Waals surface area contributed by atoms with Gasteiger partial charge in [-0.3, -0.25) is 0 Å². The van der Waals surface area contributed by atoms with E-state index in [1.165, 1.54) is 32.1 Å². The van der Waals surface area contributed by atoms with Gasteiger partial charge in [-0.15, -0.1) is 0 Å². The molecule has 0 rings (SSSR count). The quantitative estimate of drug-likeness (QED) is 0.528. The zero-order chi connectivity index (χ0) is 9.40. The van der Waals surface area contributed by atoms with Crippen LogP contribution in [0.3, 0.4) is 0 Å². The van der Waals surface area contributed by atoms with Gasteiger partial charge in [0.1, 0.15) is 0 Å². The lowest BCUT2D eigenvalue weighted by molar-refractivity contribution is 0.321. The first-order chi connectivity index (χ1) is 5.72. The van der Waals surface area contributed by atoms with Crippen molar-refractivity contribution in [2.24, 2.45) is 11.8 Å². The minimum Gasteiger partial charge on any atom is -0.0654 e. The Kier molecular flexibility index (Phi) is 7.64. The minimum absolute atomic E-state index is 0.864. The van der Waals surface area contributed by atoms with Crippen LogP contribution in [0, 0.1) is 18.8 Å². The molecule has 0 nitrogen and oxygen atoms in total. The largest absolute Gasteiger partial charge is 0.0654 e. The van der Waals surface area contributed by atoms with Crippen molar-refractivity contribution in [2.45, 2.75) is 59.3 Å². The molecule has 0 N–H and O–H groups in total. The highest BCUT2D eigenvalue weighted by atomic mass is 14.2. The normalized spacial score (nSPS) is 11.5. The molecule has 0 aromatic heterocycles. The Morgan fingerprint density at radius 3 is 2.08 bits per heavy atom. The average Bonchev–Trinajstić information content (AvgIpc) is 2.04. The van der Waals surface area contributed by atoms with Crippen LogP contribution in [0.1, 0.15) is 59.3 Å². The number of unbranched alkanes of at least 4 members (excludes halogenated alkanes) is 2. The molecule has 0 spiro atoms. The molecule has 0 heteroatoms. The van der Waals surface area contributed by atoms with Crippen LogP contribution < -0.4 is 0 Å². The van der Waals surface area contributed by atoms with E-state index in [-0.39, 0.29) is 0 Å². The summed E-state index contributed by atoms with van der Waals surface area (Å²) in [6, 6.07) is 0. The van der Waals surface area contributed by atoms with Gasteiger partial charge in [0.2, 0.25) is 0 Å². The van der Waals surface area contributed by atoms with E-state index in [0.29, 0.717) is 0 Å². The van der Waals surface area contributed by atoms with Crippen LogP contribution in [0.15, 0.2) is 0 Å². The molecule has 0 saturated carbocycles. The van der Waals surface area contributed by atoms with Gasteiger partial charge in [-0.25, -0.2) is 0 Å². The van der Waals surface area contributed by atoms with E-state index in [9.17, 15) is 0 Å². The van der Waals surface area contributed by atoms with Crippen molar-refractivity contribution in [1.82, 2.24) is 0 Å². The van der Waals surface area contributed by atoms with E-state index in [1.54, 1.807) is 0 Å². The van der Waals surface area contributed by atoms with Gasteiger partial charge in [-0.1, -0.05) is 66.2 Å². The summed E-state index contributed by atoms with van der Waals surface area (Å²) in [5.41, 5.74) is 0. The summed E-state index contributed by atoms with van der Waals surface area (Å²) in [5, 5.41) is 0. The van der Waals surface area contributed by atoms with Crippen LogP contribution >= 0.6 is 0 Å². The van der Waals surface area contributed by atoms with Crippen molar-refractivity contribution in [3.63, 3.8) is 0 Å². The predicted molar refractivity (Wildman–Crippen MR) is 57.1 cm³/mol. The fraction of sp³-hybridized carbons (Fsp3) is 0.917. The van der Waals surface area contributed by atoms with Gasteiger partial charge in [-0.2, -0.15) is 0 Å². The molecule has 0 amide bonds. The summed E-state index contributed by atoms with van der Waals surface area (Å²) >= 11 is 0. The molecule has 1 radical (unpaired) electrons. The highest BCUT2D eigenvalue weighted by Crippen LogP contribution is 2.23. The van der Waals surface area contributed by atoms with Crippen molar-refractivity contribution in [3.8, 4) is 0 Å². The molecule has 12 heavy (non-hydrogen) atoms. The van der Waals surface area contributed by atoms with Gasteiger partial charge in [0.25, 0.3) is 0 Å². The summed E-state index contributed by atoms with van der Waals surface area (Å²) < 4.78 is 0. The predicted octanol–water partition coefficient (Wildman–Crippen LogP) is 4.45. The summed E-state index contributed by atoms with van der Waals surface area (Å²) in [6.45, 7) is 10.9. The zero-order valence-corrected chi connectivity index (χ0v) is 9.10. The van der Waals surface area contributed by atoms with Crippen LogP contribution in [0.2, 0.25) is 0 Å². The second-order valence-corrected chi connectivity index (χ2v) is 4.14. The summed E-state index contributed by atoms with van der Waals surface area (Å²) in [4.78, 5) is 0. The summed E-state index contributed by atoms with van der Waals surface area (Å²) in [5.74, 6) is 1.81. The number of hydrogen-bond acceptors (Lipinski definition) is 0. The lowest BCUT2D eigenvalue weighted by Crippen LogP contribution is -2.08. The van der Waals surface area contributed by atoms with E-state index in [1.807, 2.05) is 0 Å². The Hall–Kier alpha value is 0. The molecule has 0 aliphatic heterocycles. The molecule has 0 bridgehead atoms. The fourth-order valence-corrected chi connectivity index (χ4v) is 1.68. The molecule has 73 valence electrons. The molecular formula is C12H25. The molecule has 0 fully saturated rings. The third-order valence-electron chi connectivity index (χ3n) is 2.70. The molecule has 1 unspecified atom stereocenters. The van der Waals surface area contributed by atoms with Crippen LogP contribution in [0.5, 0.6) is 0 Å². The molecular weight excluding hydrogens is 144 g/mol. The fourth-order valence-electron chi connectivity index (χ4n) is 1.68. The van der Waals surface area contributed by atoms with E-state index >= 15 is 0 Å². The molecule has 0 aliphatic carbocycles. The molecule has 0 saturated heterocycles. The monoisotopic (exact) mass is 169 g/mol. The van der Waals surface area contributed by atoms with Crippen molar-refractivity contribution in [1.29, 1.82) is 0 Å². The van der Waals surface area contributed by atoms with Gasteiger partial charge in [0.15, 0.2) is 0 Å². The lowest BCUT2D eigenvalue weighted by atomic mass is 9.86. The van der Waals surface area contributed by atoms with Crippen LogP contribution in [-0.2, 0) is 0 Å². The van der Waals surface area contributed by atoms with Gasteiger partial charge in [-0.05, 0) is 11.8 Å². The molecule has 0 aliphatic rings. The second-order valence-electron chi connectivity index (χ2n) is 4.14.